The van der Waals surface area contributed by atoms with Crippen molar-refractivity contribution in [2.24, 2.45) is 0 Å². The van der Waals surface area contributed by atoms with Crippen molar-refractivity contribution in [2.75, 3.05) is 12.3 Å². The summed E-state index contributed by atoms with van der Waals surface area (Å²) < 4.78 is 7.07. The van der Waals surface area contributed by atoms with E-state index in [-0.39, 0.29) is 12.0 Å². The van der Waals surface area contributed by atoms with Gasteiger partial charge in [0.2, 0.25) is 5.91 Å². The van der Waals surface area contributed by atoms with Crippen LogP contribution in [0.1, 0.15) is 11.3 Å². The predicted molar refractivity (Wildman–Crippen MR) is 108 cm³/mol. The van der Waals surface area contributed by atoms with Gasteiger partial charge in [0.25, 0.3) is 0 Å². The molecule has 2 aromatic heterocycles. The molecule has 1 N–H and O–H groups in total. The number of amides is 1. The van der Waals surface area contributed by atoms with Crippen LogP contribution in [0.3, 0.4) is 0 Å². The Kier molecular flexibility index (Phi) is 5.40. The number of rotatable bonds is 6. The van der Waals surface area contributed by atoms with Gasteiger partial charge in [-0.15, -0.1) is 11.3 Å². The van der Waals surface area contributed by atoms with Crippen molar-refractivity contribution >= 4 is 29.0 Å². The van der Waals surface area contributed by atoms with Crippen LogP contribution in [0.2, 0.25) is 0 Å². The minimum atomic E-state index is -0.0473. The molecule has 0 unspecified atom stereocenters. The summed E-state index contributed by atoms with van der Waals surface area (Å²) in [6, 6.07) is 10.1. The van der Waals surface area contributed by atoms with Crippen LogP contribution in [0.4, 0.5) is 0 Å². The van der Waals surface area contributed by atoms with Crippen LogP contribution in [0.25, 0.3) is 11.1 Å². The van der Waals surface area contributed by atoms with E-state index in [9.17, 15) is 4.79 Å². The molecule has 1 amide bonds. The van der Waals surface area contributed by atoms with Crippen molar-refractivity contribution in [2.45, 2.75) is 23.8 Å². The lowest BCUT2D eigenvalue weighted by molar-refractivity contribution is -0.118. The number of aromatic nitrogens is 2. The highest BCUT2D eigenvalue weighted by Crippen LogP contribution is 2.38. The SMILES string of the molecule is Cc1csc(SCC(=O)NC[C@H]2Cc3cccc(-c4cccnc4)c3O2)n1. The largest absolute Gasteiger partial charge is 0.487 e. The molecule has 0 radical (unpaired) electrons. The molecule has 3 heterocycles. The van der Waals surface area contributed by atoms with E-state index in [2.05, 4.69) is 21.4 Å². The molecule has 138 valence electrons. The van der Waals surface area contributed by atoms with Crippen LogP contribution in [0.5, 0.6) is 5.75 Å². The smallest absolute Gasteiger partial charge is 0.230 e. The maximum absolute atomic E-state index is 12.1. The molecule has 7 heteroatoms. The molecule has 0 fully saturated rings. The van der Waals surface area contributed by atoms with Gasteiger partial charge in [0.1, 0.15) is 11.9 Å². The normalized spacial score (nSPS) is 15.2. The number of aryl methyl sites for hydroxylation is 1. The number of benzene rings is 1. The summed E-state index contributed by atoms with van der Waals surface area (Å²) >= 11 is 3.03. The van der Waals surface area contributed by atoms with Gasteiger partial charge in [-0.3, -0.25) is 9.78 Å². The zero-order chi connectivity index (χ0) is 18.6. The number of carbonyl (C=O) groups excluding carboxylic acids is 1. The number of thioether (sulfide) groups is 1. The molecule has 0 saturated carbocycles. The van der Waals surface area contributed by atoms with E-state index >= 15 is 0 Å². The molecule has 0 spiro atoms. The van der Waals surface area contributed by atoms with Crippen molar-refractivity contribution in [3.63, 3.8) is 0 Å². The highest BCUT2D eigenvalue weighted by atomic mass is 32.2. The van der Waals surface area contributed by atoms with E-state index in [4.69, 9.17) is 4.74 Å². The standard InChI is InChI=1S/C20H19N3O2S2/c1-13-11-26-20(23-13)27-12-18(24)22-10-16-8-14-4-2-6-17(19(14)25-16)15-5-3-7-21-9-15/h2-7,9,11,16H,8,10,12H2,1H3,(H,22,24)/t16-/m1/s1. The topological polar surface area (TPSA) is 64.1 Å². The minimum absolute atomic E-state index is 0.0001000. The lowest BCUT2D eigenvalue weighted by Crippen LogP contribution is -2.35. The number of thiazole rings is 1. The fourth-order valence-electron chi connectivity index (χ4n) is 3.01. The zero-order valence-corrected chi connectivity index (χ0v) is 16.5. The van der Waals surface area contributed by atoms with Gasteiger partial charge in [0.05, 0.1) is 12.3 Å². The monoisotopic (exact) mass is 397 g/mol. The van der Waals surface area contributed by atoms with E-state index in [0.717, 1.165) is 33.3 Å². The van der Waals surface area contributed by atoms with E-state index < -0.39 is 0 Å². The summed E-state index contributed by atoms with van der Waals surface area (Å²) in [7, 11) is 0. The number of pyridine rings is 1. The number of fused-ring (bicyclic) bond motifs is 1. The first-order chi connectivity index (χ1) is 13.2. The average Bonchev–Trinajstić information content (AvgIpc) is 3.30. The maximum Gasteiger partial charge on any atom is 0.230 e. The van der Waals surface area contributed by atoms with Gasteiger partial charge >= 0.3 is 0 Å². The van der Waals surface area contributed by atoms with Gasteiger partial charge in [-0.25, -0.2) is 4.98 Å². The molecule has 1 aliphatic heterocycles. The zero-order valence-electron chi connectivity index (χ0n) is 14.8. The predicted octanol–water partition coefficient (Wildman–Crippen LogP) is 3.73. The second-order valence-electron chi connectivity index (χ2n) is 6.33. The second-order valence-corrected chi connectivity index (χ2v) is 8.41. The van der Waals surface area contributed by atoms with Crippen molar-refractivity contribution in [3.8, 4) is 16.9 Å². The molecule has 1 atom stereocenters. The molecular formula is C20H19N3O2S2. The number of ether oxygens (including phenoxy) is 1. The Morgan fingerprint density at radius 2 is 2.30 bits per heavy atom. The van der Waals surface area contributed by atoms with E-state index in [0.29, 0.717) is 12.3 Å². The summed E-state index contributed by atoms with van der Waals surface area (Å²) in [6.45, 7) is 2.45. The number of para-hydroxylation sites is 1. The summed E-state index contributed by atoms with van der Waals surface area (Å²) in [5, 5.41) is 4.97. The Morgan fingerprint density at radius 3 is 3.07 bits per heavy atom. The highest BCUT2D eigenvalue weighted by Gasteiger charge is 2.26. The number of nitrogens with zero attached hydrogens (tertiary/aromatic N) is 2. The second kappa shape index (κ2) is 8.10. The molecule has 3 aromatic rings. The van der Waals surface area contributed by atoms with Gasteiger partial charge in [-0.1, -0.05) is 36.0 Å². The first kappa shape index (κ1) is 18.0. The number of hydrogen-bond donors (Lipinski definition) is 1. The van der Waals surface area contributed by atoms with Gasteiger partial charge in [-0.05, 0) is 18.6 Å². The van der Waals surface area contributed by atoms with Crippen LogP contribution >= 0.6 is 23.1 Å². The van der Waals surface area contributed by atoms with Gasteiger partial charge < -0.3 is 10.1 Å². The van der Waals surface area contributed by atoms with E-state index in [1.807, 2.05) is 42.8 Å². The first-order valence-electron chi connectivity index (χ1n) is 8.69. The number of hydrogen-bond acceptors (Lipinski definition) is 6. The summed E-state index contributed by atoms with van der Waals surface area (Å²) in [5.41, 5.74) is 4.24. The molecule has 5 nitrogen and oxygen atoms in total. The van der Waals surface area contributed by atoms with E-state index in [1.165, 1.54) is 17.3 Å². The fourth-order valence-corrected chi connectivity index (χ4v) is 4.69. The van der Waals surface area contributed by atoms with Gasteiger partial charge in [0, 0.05) is 41.0 Å². The Balaban J connectivity index is 1.33. The fraction of sp³-hybridized carbons (Fsp3) is 0.250. The summed E-state index contributed by atoms with van der Waals surface area (Å²) in [6.07, 6.45) is 4.35. The van der Waals surface area contributed by atoms with Gasteiger partial charge in [-0.2, -0.15) is 0 Å². The number of nitrogens with one attached hydrogen (secondary N) is 1. The third kappa shape index (κ3) is 4.31. The molecule has 0 saturated heterocycles. The minimum Gasteiger partial charge on any atom is -0.487 e. The quantitative estimate of drug-likeness (QED) is 0.642. The average molecular weight is 398 g/mol. The third-order valence-corrected chi connectivity index (χ3v) is 6.39. The van der Waals surface area contributed by atoms with Crippen LogP contribution in [-0.2, 0) is 11.2 Å². The Bertz CT molecular complexity index is 943. The molecule has 0 aliphatic carbocycles. The van der Waals surface area contributed by atoms with Crippen molar-refractivity contribution in [3.05, 3.63) is 59.4 Å². The molecule has 1 aromatic carbocycles. The maximum atomic E-state index is 12.1. The van der Waals surface area contributed by atoms with Crippen molar-refractivity contribution in [1.29, 1.82) is 0 Å². The van der Waals surface area contributed by atoms with Crippen LogP contribution in [-0.4, -0.2) is 34.3 Å². The Morgan fingerprint density at radius 1 is 1.37 bits per heavy atom. The van der Waals surface area contributed by atoms with Crippen LogP contribution < -0.4 is 10.1 Å². The number of carbonyl (C=O) groups is 1. The summed E-state index contributed by atoms with van der Waals surface area (Å²) in [5.74, 6) is 1.27. The lowest BCUT2D eigenvalue weighted by atomic mass is 10.0. The summed E-state index contributed by atoms with van der Waals surface area (Å²) in [4.78, 5) is 20.7. The highest BCUT2D eigenvalue weighted by molar-refractivity contribution is 8.01. The van der Waals surface area contributed by atoms with Crippen LogP contribution in [0.15, 0.2) is 52.4 Å². The molecule has 27 heavy (non-hydrogen) atoms. The van der Waals surface area contributed by atoms with Gasteiger partial charge in [0.15, 0.2) is 4.34 Å². The van der Waals surface area contributed by atoms with Crippen molar-refractivity contribution in [1.82, 2.24) is 15.3 Å². The Labute approximate surface area is 166 Å². The first-order valence-corrected chi connectivity index (χ1v) is 10.6. The molecular weight excluding hydrogens is 378 g/mol. The van der Waals surface area contributed by atoms with E-state index in [1.54, 1.807) is 17.5 Å². The van der Waals surface area contributed by atoms with Crippen molar-refractivity contribution < 1.29 is 9.53 Å². The molecule has 1 aliphatic rings. The molecule has 4 rings (SSSR count). The lowest BCUT2D eigenvalue weighted by Gasteiger charge is -2.13. The third-order valence-electron chi connectivity index (χ3n) is 4.25. The van der Waals surface area contributed by atoms with Crippen LogP contribution in [0, 0.1) is 6.92 Å². The Hall–Kier alpha value is -2.38. The molecule has 0 bridgehead atoms.